The van der Waals surface area contributed by atoms with Gasteiger partial charge in [-0.1, -0.05) is 13.0 Å². The molecule has 0 unspecified atom stereocenters. The summed E-state index contributed by atoms with van der Waals surface area (Å²) in [6.07, 6.45) is 5.72. The van der Waals surface area contributed by atoms with Gasteiger partial charge in [0, 0.05) is 18.6 Å². The van der Waals surface area contributed by atoms with Crippen molar-refractivity contribution in [3.05, 3.63) is 59.7 Å². The van der Waals surface area contributed by atoms with E-state index in [0.717, 1.165) is 12.0 Å². The lowest BCUT2D eigenvalue weighted by Crippen LogP contribution is -2.29. The highest BCUT2D eigenvalue weighted by molar-refractivity contribution is 5.92. The summed E-state index contributed by atoms with van der Waals surface area (Å²) in [6.45, 7) is 1.89. The number of rotatable bonds is 5. The minimum atomic E-state index is -0.254. The zero-order valence-electron chi connectivity index (χ0n) is 11.3. The quantitative estimate of drug-likeness (QED) is 0.870. The smallest absolute Gasteiger partial charge is 0.270 e. The second-order valence-corrected chi connectivity index (χ2v) is 4.43. The summed E-state index contributed by atoms with van der Waals surface area (Å²) in [7, 11) is 0. The Hall–Kier alpha value is -2.27. The van der Waals surface area contributed by atoms with Gasteiger partial charge in [-0.15, -0.1) is 0 Å². The first-order valence-electron chi connectivity index (χ1n) is 6.51. The molecule has 0 aliphatic rings. The molecule has 0 saturated carbocycles. The molecule has 0 spiro atoms. The summed E-state index contributed by atoms with van der Waals surface area (Å²) in [6, 6.07) is 6.93. The molecule has 5 nitrogen and oxygen atoms in total. The van der Waals surface area contributed by atoms with Crippen LogP contribution in [0.4, 0.5) is 0 Å². The van der Waals surface area contributed by atoms with E-state index < -0.39 is 0 Å². The van der Waals surface area contributed by atoms with Crippen LogP contribution in [0.15, 0.2) is 42.9 Å². The number of pyridine rings is 2. The van der Waals surface area contributed by atoms with Crippen molar-refractivity contribution in [2.75, 3.05) is 0 Å². The minimum absolute atomic E-state index is 0.101. The molecule has 0 aliphatic carbocycles. The molecule has 20 heavy (non-hydrogen) atoms. The second-order valence-electron chi connectivity index (χ2n) is 4.43. The molecular formula is C15H17N3O2. The predicted octanol–water partition coefficient (Wildman–Crippen LogP) is 1.85. The summed E-state index contributed by atoms with van der Waals surface area (Å²) >= 11 is 0. The summed E-state index contributed by atoms with van der Waals surface area (Å²) in [5.41, 5.74) is 1.93. The van der Waals surface area contributed by atoms with Gasteiger partial charge in [0.2, 0.25) is 0 Å². The van der Waals surface area contributed by atoms with Gasteiger partial charge in [-0.05, 0) is 35.7 Å². The van der Waals surface area contributed by atoms with Gasteiger partial charge >= 0.3 is 0 Å². The number of nitrogens with one attached hydrogen (secondary N) is 1. The molecule has 2 aromatic rings. The van der Waals surface area contributed by atoms with Gasteiger partial charge in [0.15, 0.2) is 0 Å². The number of aliphatic hydroxyl groups is 1. The second kappa shape index (κ2) is 6.77. The predicted molar refractivity (Wildman–Crippen MR) is 74.9 cm³/mol. The van der Waals surface area contributed by atoms with Crippen LogP contribution in [0.25, 0.3) is 0 Å². The molecule has 2 N–H and O–H groups in total. The molecule has 0 saturated heterocycles. The summed E-state index contributed by atoms with van der Waals surface area (Å²) in [5, 5.41) is 12.0. The first-order chi connectivity index (χ1) is 9.74. The molecule has 2 heterocycles. The fraction of sp³-hybridized carbons (Fsp3) is 0.267. The lowest BCUT2D eigenvalue weighted by Gasteiger charge is -2.16. The Morgan fingerprint density at radius 3 is 2.90 bits per heavy atom. The number of hydrogen-bond acceptors (Lipinski definition) is 4. The van der Waals surface area contributed by atoms with E-state index in [2.05, 4.69) is 15.3 Å². The molecule has 0 aliphatic heterocycles. The summed E-state index contributed by atoms with van der Waals surface area (Å²) in [4.78, 5) is 20.3. The first-order valence-corrected chi connectivity index (χ1v) is 6.51. The Labute approximate surface area is 117 Å². The molecule has 0 radical (unpaired) electrons. The van der Waals surface area contributed by atoms with E-state index in [1.165, 1.54) is 6.20 Å². The van der Waals surface area contributed by atoms with E-state index in [-0.39, 0.29) is 18.6 Å². The zero-order valence-corrected chi connectivity index (χ0v) is 11.3. The van der Waals surface area contributed by atoms with Crippen LogP contribution >= 0.6 is 0 Å². The summed E-state index contributed by atoms with van der Waals surface area (Å²) in [5.74, 6) is -0.254. The van der Waals surface area contributed by atoms with Crippen LogP contribution in [0.5, 0.6) is 0 Å². The topological polar surface area (TPSA) is 75.1 Å². The third-order valence-electron chi connectivity index (χ3n) is 3.04. The van der Waals surface area contributed by atoms with E-state index in [4.69, 9.17) is 5.11 Å². The maximum absolute atomic E-state index is 12.2. The normalized spacial score (nSPS) is 11.9. The number of carbonyl (C=O) groups is 1. The Bertz CT molecular complexity index is 572. The SMILES string of the molecule is CC[C@H](NC(=O)c1cc(CO)ccn1)c1cccnc1. The number of nitrogens with zero attached hydrogens (tertiary/aromatic N) is 2. The van der Waals surface area contributed by atoms with Crippen LogP contribution < -0.4 is 5.32 Å². The molecule has 0 aromatic carbocycles. The van der Waals surface area contributed by atoms with Gasteiger partial charge in [-0.2, -0.15) is 0 Å². The van der Waals surface area contributed by atoms with Gasteiger partial charge in [0.25, 0.3) is 5.91 Å². The molecule has 1 amide bonds. The maximum atomic E-state index is 12.2. The molecule has 5 heteroatoms. The standard InChI is InChI=1S/C15H17N3O2/c1-2-13(12-4-3-6-16-9-12)18-15(20)14-8-11(10-19)5-7-17-14/h3-9,13,19H,2,10H2,1H3,(H,18,20)/t13-/m0/s1. The van der Waals surface area contributed by atoms with Gasteiger partial charge in [0.05, 0.1) is 12.6 Å². The fourth-order valence-electron chi connectivity index (χ4n) is 1.93. The van der Waals surface area contributed by atoms with E-state index in [0.29, 0.717) is 11.3 Å². The molecule has 0 fully saturated rings. The lowest BCUT2D eigenvalue weighted by atomic mass is 10.1. The zero-order chi connectivity index (χ0) is 14.4. The lowest BCUT2D eigenvalue weighted by molar-refractivity contribution is 0.0930. The van der Waals surface area contributed by atoms with Crippen molar-refractivity contribution in [2.45, 2.75) is 26.0 Å². The first kappa shape index (κ1) is 14.1. The molecule has 2 rings (SSSR count). The average Bonchev–Trinajstić information content (AvgIpc) is 2.53. The molecule has 104 valence electrons. The van der Waals surface area contributed by atoms with Crippen molar-refractivity contribution in [1.29, 1.82) is 0 Å². The van der Waals surface area contributed by atoms with Crippen molar-refractivity contribution < 1.29 is 9.90 Å². The largest absolute Gasteiger partial charge is 0.392 e. The van der Waals surface area contributed by atoms with Gasteiger partial charge in [-0.3, -0.25) is 14.8 Å². The van der Waals surface area contributed by atoms with Gasteiger partial charge < -0.3 is 10.4 Å². The number of hydrogen-bond donors (Lipinski definition) is 2. The Morgan fingerprint density at radius 2 is 2.25 bits per heavy atom. The highest BCUT2D eigenvalue weighted by atomic mass is 16.3. The van der Waals surface area contributed by atoms with Gasteiger partial charge in [-0.25, -0.2) is 0 Å². The van der Waals surface area contributed by atoms with Crippen LogP contribution in [0, 0.1) is 0 Å². The van der Waals surface area contributed by atoms with Crippen LogP contribution in [0.2, 0.25) is 0 Å². The highest BCUT2D eigenvalue weighted by Gasteiger charge is 2.15. The van der Waals surface area contributed by atoms with E-state index in [1.807, 2.05) is 19.1 Å². The number of amides is 1. The van der Waals surface area contributed by atoms with Crippen molar-refractivity contribution in [3.8, 4) is 0 Å². The van der Waals surface area contributed by atoms with Crippen LogP contribution in [0.3, 0.4) is 0 Å². The monoisotopic (exact) mass is 271 g/mol. The Morgan fingerprint density at radius 1 is 1.40 bits per heavy atom. The van der Waals surface area contributed by atoms with E-state index >= 15 is 0 Å². The number of aliphatic hydroxyl groups excluding tert-OH is 1. The van der Waals surface area contributed by atoms with Gasteiger partial charge in [0.1, 0.15) is 5.69 Å². The average molecular weight is 271 g/mol. The molecule has 1 atom stereocenters. The van der Waals surface area contributed by atoms with Crippen molar-refractivity contribution in [2.24, 2.45) is 0 Å². The molecule has 2 aromatic heterocycles. The maximum Gasteiger partial charge on any atom is 0.270 e. The van der Waals surface area contributed by atoms with E-state index in [9.17, 15) is 4.79 Å². The fourth-order valence-corrected chi connectivity index (χ4v) is 1.93. The van der Waals surface area contributed by atoms with Crippen molar-refractivity contribution in [1.82, 2.24) is 15.3 Å². The van der Waals surface area contributed by atoms with Crippen LogP contribution in [0.1, 0.15) is 41.0 Å². The third kappa shape index (κ3) is 3.39. The van der Waals surface area contributed by atoms with Crippen molar-refractivity contribution >= 4 is 5.91 Å². The van der Waals surface area contributed by atoms with E-state index in [1.54, 1.807) is 24.5 Å². The van der Waals surface area contributed by atoms with Crippen LogP contribution in [-0.4, -0.2) is 21.0 Å². The molecular weight excluding hydrogens is 254 g/mol. The summed E-state index contributed by atoms with van der Waals surface area (Å²) < 4.78 is 0. The van der Waals surface area contributed by atoms with Crippen LogP contribution in [-0.2, 0) is 6.61 Å². The Balaban J connectivity index is 2.13. The molecule has 0 bridgehead atoms. The number of aromatic nitrogens is 2. The minimum Gasteiger partial charge on any atom is -0.392 e. The third-order valence-corrected chi connectivity index (χ3v) is 3.04. The van der Waals surface area contributed by atoms with Crippen molar-refractivity contribution in [3.63, 3.8) is 0 Å². The Kier molecular flexibility index (Phi) is 4.79. The number of carbonyl (C=O) groups excluding carboxylic acids is 1. The highest BCUT2D eigenvalue weighted by Crippen LogP contribution is 2.15.